The van der Waals surface area contributed by atoms with Gasteiger partial charge in [0.05, 0.1) is 6.04 Å². The van der Waals surface area contributed by atoms with E-state index in [1.165, 1.54) is 16.5 Å². The van der Waals surface area contributed by atoms with Crippen LogP contribution in [0.5, 0.6) is 0 Å². The molecule has 7 heteroatoms. The first kappa shape index (κ1) is 17.4. The molecule has 146 valence electrons. The van der Waals surface area contributed by atoms with Crippen LogP contribution in [0.1, 0.15) is 42.4 Å². The van der Waals surface area contributed by atoms with Crippen LogP contribution in [-0.4, -0.2) is 50.1 Å². The van der Waals surface area contributed by atoms with Crippen molar-refractivity contribution in [2.24, 2.45) is 5.92 Å². The molecular formula is C21H26N6O. The fraction of sp³-hybridized carbons (Fsp3) is 0.476. The number of piperidine rings is 1. The second kappa shape index (κ2) is 7.05. The van der Waals surface area contributed by atoms with Gasteiger partial charge in [0, 0.05) is 42.0 Å². The van der Waals surface area contributed by atoms with Crippen LogP contribution in [0.25, 0.3) is 10.9 Å². The number of fused-ring (bicyclic) bond motifs is 1. The van der Waals surface area contributed by atoms with Crippen LogP contribution in [0, 0.1) is 12.8 Å². The van der Waals surface area contributed by atoms with Crippen molar-refractivity contribution < 1.29 is 4.79 Å². The third-order valence-electron chi connectivity index (χ3n) is 6.00. The molecule has 28 heavy (non-hydrogen) atoms. The second-order valence-corrected chi connectivity index (χ2v) is 8.15. The van der Waals surface area contributed by atoms with E-state index in [9.17, 15) is 4.79 Å². The third kappa shape index (κ3) is 3.42. The Morgan fingerprint density at radius 3 is 2.96 bits per heavy atom. The van der Waals surface area contributed by atoms with Crippen LogP contribution in [0.4, 0.5) is 0 Å². The van der Waals surface area contributed by atoms with Gasteiger partial charge in [-0.1, -0.05) is 12.1 Å². The molecule has 3 aromatic rings. The number of hydrogen-bond acceptors (Lipinski definition) is 4. The number of aryl methyl sites for hydroxylation is 1. The van der Waals surface area contributed by atoms with Crippen LogP contribution in [0.3, 0.4) is 0 Å². The Hall–Kier alpha value is -2.67. The molecule has 0 spiro atoms. The predicted molar refractivity (Wildman–Crippen MR) is 107 cm³/mol. The van der Waals surface area contributed by atoms with Crippen LogP contribution in [0.15, 0.2) is 30.5 Å². The van der Waals surface area contributed by atoms with Gasteiger partial charge in [-0.05, 0) is 50.4 Å². The number of nitrogens with one attached hydrogen (secondary N) is 3. The van der Waals surface area contributed by atoms with Gasteiger partial charge in [0.2, 0.25) is 5.91 Å². The molecule has 5 rings (SSSR count). The number of carbonyl (C=O) groups excluding carboxylic acids is 1. The van der Waals surface area contributed by atoms with E-state index in [2.05, 4.69) is 54.6 Å². The summed E-state index contributed by atoms with van der Waals surface area (Å²) in [5.41, 5.74) is 2.49. The van der Waals surface area contributed by atoms with E-state index in [0.29, 0.717) is 0 Å². The average Bonchev–Trinajstić information content (AvgIpc) is 3.28. The van der Waals surface area contributed by atoms with Crippen LogP contribution in [0.2, 0.25) is 0 Å². The molecule has 1 amide bonds. The van der Waals surface area contributed by atoms with Crippen molar-refractivity contribution >= 4 is 16.8 Å². The Kier molecular flexibility index (Phi) is 4.39. The summed E-state index contributed by atoms with van der Waals surface area (Å²) in [6.45, 7) is 4.58. The van der Waals surface area contributed by atoms with Crippen molar-refractivity contribution in [1.82, 2.24) is 30.4 Å². The number of rotatable bonds is 5. The topological polar surface area (TPSA) is 89.7 Å². The average molecular weight is 378 g/mol. The Morgan fingerprint density at radius 1 is 1.29 bits per heavy atom. The number of H-pyrrole nitrogens is 2. The molecule has 1 aliphatic heterocycles. The summed E-state index contributed by atoms with van der Waals surface area (Å²) in [5.74, 6) is 2.21. The fourth-order valence-corrected chi connectivity index (χ4v) is 4.32. The third-order valence-corrected chi connectivity index (χ3v) is 6.00. The van der Waals surface area contributed by atoms with Crippen LogP contribution in [-0.2, 0) is 11.3 Å². The molecular weight excluding hydrogens is 352 g/mol. The molecule has 1 saturated heterocycles. The van der Waals surface area contributed by atoms with Gasteiger partial charge in [0.25, 0.3) is 0 Å². The normalized spacial score (nSPS) is 23.2. The smallest absolute Gasteiger partial charge is 0.223 e. The maximum atomic E-state index is 12.5. The van der Waals surface area contributed by atoms with Crippen molar-refractivity contribution in [1.29, 1.82) is 0 Å². The minimum atomic E-state index is 0.0440. The van der Waals surface area contributed by atoms with Crippen molar-refractivity contribution in [2.75, 3.05) is 13.1 Å². The van der Waals surface area contributed by atoms with Gasteiger partial charge in [-0.15, -0.1) is 0 Å². The number of benzene rings is 1. The first-order valence-electron chi connectivity index (χ1n) is 10.1. The van der Waals surface area contributed by atoms with Crippen LogP contribution >= 0.6 is 0 Å². The second-order valence-electron chi connectivity index (χ2n) is 8.15. The van der Waals surface area contributed by atoms with E-state index in [4.69, 9.17) is 0 Å². The fourth-order valence-electron chi connectivity index (χ4n) is 4.32. The summed E-state index contributed by atoms with van der Waals surface area (Å²) in [5, 5.41) is 11.9. The number of aromatic amines is 2. The summed E-state index contributed by atoms with van der Waals surface area (Å²) in [7, 11) is 0. The molecule has 0 unspecified atom stereocenters. The Morgan fingerprint density at radius 2 is 2.18 bits per heavy atom. The van der Waals surface area contributed by atoms with E-state index >= 15 is 0 Å². The van der Waals surface area contributed by atoms with Gasteiger partial charge in [-0.2, -0.15) is 5.10 Å². The van der Waals surface area contributed by atoms with Crippen molar-refractivity contribution in [3.05, 3.63) is 47.7 Å². The van der Waals surface area contributed by atoms with E-state index < -0.39 is 0 Å². The molecule has 1 saturated carbocycles. The minimum absolute atomic E-state index is 0.0440. The molecule has 3 heterocycles. The highest BCUT2D eigenvalue weighted by molar-refractivity contribution is 5.83. The number of carbonyl (C=O) groups is 1. The largest absolute Gasteiger partial charge is 0.361 e. The lowest BCUT2D eigenvalue weighted by Gasteiger charge is -2.38. The molecule has 3 N–H and O–H groups in total. The highest BCUT2D eigenvalue weighted by Gasteiger charge is 2.37. The summed E-state index contributed by atoms with van der Waals surface area (Å²) in [4.78, 5) is 22.8. The molecule has 1 aromatic carbocycles. The van der Waals surface area contributed by atoms with Gasteiger partial charge in [-0.3, -0.25) is 14.8 Å². The lowest BCUT2D eigenvalue weighted by atomic mass is 9.90. The molecule has 2 atom stereocenters. The Labute approximate surface area is 163 Å². The van der Waals surface area contributed by atoms with E-state index in [-0.39, 0.29) is 23.8 Å². The van der Waals surface area contributed by atoms with E-state index in [0.717, 1.165) is 50.5 Å². The van der Waals surface area contributed by atoms with E-state index in [1.54, 1.807) is 0 Å². The van der Waals surface area contributed by atoms with E-state index in [1.807, 2.05) is 13.1 Å². The van der Waals surface area contributed by atoms with Gasteiger partial charge in [0.1, 0.15) is 5.82 Å². The maximum absolute atomic E-state index is 12.5. The van der Waals surface area contributed by atoms with Crippen molar-refractivity contribution in [2.45, 2.75) is 44.7 Å². The van der Waals surface area contributed by atoms with Gasteiger partial charge >= 0.3 is 0 Å². The molecule has 2 aliphatic rings. The zero-order chi connectivity index (χ0) is 19.1. The van der Waals surface area contributed by atoms with Crippen molar-refractivity contribution in [3.63, 3.8) is 0 Å². The molecule has 0 bridgehead atoms. The van der Waals surface area contributed by atoms with Gasteiger partial charge < -0.3 is 10.3 Å². The quantitative estimate of drug-likeness (QED) is 0.636. The summed E-state index contributed by atoms with van der Waals surface area (Å²) in [6.07, 6.45) is 4.96. The minimum Gasteiger partial charge on any atom is -0.361 e. The summed E-state index contributed by atoms with van der Waals surface area (Å²) >= 11 is 0. The molecule has 7 nitrogen and oxygen atoms in total. The number of hydrogen-bond donors (Lipinski definition) is 3. The SMILES string of the molecule is Cc1nc([C@H]2CCN(Cc3cccc4[nH]ccc34)C[C@H]2NC(=O)C2CC2)n[nH]1. The molecule has 2 fully saturated rings. The maximum Gasteiger partial charge on any atom is 0.223 e. The lowest BCUT2D eigenvalue weighted by Crippen LogP contribution is -2.52. The zero-order valence-corrected chi connectivity index (χ0v) is 16.1. The van der Waals surface area contributed by atoms with Gasteiger partial charge in [0.15, 0.2) is 5.82 Å². The molecule has 0 radical (unpaired) electrons. The molecule has 1 aliphatic carbocycles. The first-order chi connectivity index (χ1) is 13.7. The lowest BCUT2D eigenvalue weighted by molar-refractivity contribution is -0.123. The Balaban J connectivity index is 1.35. The zero-order valence-electron chi connectivity index (χ0n) is 16.1. The monoisotopic (exact) mass is 378 g/mol. The van der Waals surface area contributed by atoms with Gasteiger partial charge in [-0.25, -0.2) is 4.98 Å². The Bertz CT molecular complexity index is 988. The van der Waals surface area contributed by atoms with Crippen LogP contribution < -0.4 is 5.32 Å². The standard InChI is InChI=1S/C21H26N6O/c1-13-23-20(26-25-13)17-8-10-27(12-19(17)24-21(28)14-5-6-14)11-15-3-2-4-18-16(15)7-9-22-18/h2-4,7,9,14,17,19,22H,5-6,8,10-12H2,1H3,(H,24,28)(H,23,25,26)/t17-,19+/m0/s1. The molecule has 2 aromatic heterocycles. The number of amides is 1. The first-order valence-corrected chi connectivity index (χ1v) is 10.1. The number of nitrogens with zero attached hydrogens (tertiary/aromatic N) is 3. The number of likely N-dealkylation sites (tertiary alicyclic amines) is 1. The summed E-state index contributed by atoms with van der Waals surface area (Å²) < 4.78 is 0. The highest BCUT2D eigenvalue weighted by Crippen LogP contribution is 2.32. The number of aromatic nitrogens is 4. The van der Waals surface area contributed by atoms with Crippen molar-refractivity contribution in [3.8, 4) is 0 Å². The highest BCUT2D eigenvalue weighted by atomic mass is 16.2. The summed E-state index contributed by atoms with van der Waals surface area (Å²) in [6, 6.07) is 8.58. The predicted octanol–water partition coefficient (Wildman–Crippen LogP) is 2.48.